The fourth-order valence-corrected chi connectivity index (χ4v) is 1.37. The standard InChI is InChI=1S/C13H15ClO3/c1-3-16-13(15)5-4-8-17-12-9-10(2)6-7-11(12)14/h4-7,9H,3,8H2,1-2H3/b5-4+. The number of hydrogen-bond donors (Lipinski definition) is 0. The molecule has 0 bridgehead atoms. The minimum Gasteiger partial charge on any atom is -0.488 e. The molecule has 92 valence electrons. The molecule has 0 atom stereocenters. The fraction of sp³-hybridized carbons (Fsp3) is 0.308. The molecule has 0 aliphatic carbocycles. The lowest BCUT2D eigenvalue weighted by Gasteiger charge is -2.06. The molecule has 0 fully saturated rings. The summed E-state index contributed by atoms with van der Waals surface area (Å²) < 4.78 is 10.1. The van der Waals surface area contributed by atoms with Crippen molar-refractivity contribution in [2.45, 2.75) is 13.8 Å². The first-order chi connectivity index (χ1) is 8.13. The smallest absolute Gasteiger partial charge is 0.330 e. The van der Waals surface area contributed by atoms with E-state index in [1.807, 2.05) is 19.1 Å². The Bertz CT molecular complexity index is 413. The summed E-state index contributed by atoms with van der Waals surface area (Å²) in [6, 6.07) is 5.53. The average molecular weight is 255 g/mol. The van der Waals surface area contributed by atoms with Crippen LogP contribution < -0.4 is 4.74 Å². The minimum absolute atomic E-state index is 0.280. The number of carbonyl (C=O) groups is 1. The first kappa shape index (κ1) is 13.6. The number of halogens is 1. The van der Waals surface area contributed by atoms with Gasteiger partial charge < -0.3 is 9.47 Å². The highest BCUT2D eigenvalue weighted by Gasteiger charge is 2.00. The highest BCUT2D eigenvalue weighted by molar-refractivity contribution is 6.32. The molecule has 4 heteroatoms. The van der Waals surface area contributed by atoms with Crippen LogP contribution >= 0.6 is 11.6 Å². The monoisotopic (exact) mass is 254 g/mol. The van der Waals surface area contributed by atoms with Crippen molar-refractivity contribution in [2.75, 3.05) is 13.2 Å². The Morgan fingerprint density at radius 2 is 2.24 bits per heavy atom. The molecule has 0 amide bonds. The van der Waals surface area contributed by atoms with Crippen LogP contribution in [0.5, 0.6) is 5.75 Å². The molecule has 1 rings (SSSR count). The molecule has 0 aliphatic heterocycles. The Hall–Kier alpha value is -1.48. The highest BCUT2D eigenvalue weighted by atomic mass is 35.5. The maximum absolute atomic E-state index is 11.0. The van der Waals surface area contributed by atoms with Gasteiger partial charge in [-0.15, -0.1) is 0 Å². The van der Waals surface area contributed by atoms with Gasteiger partial charge in [-0.25, -0.2) is 4.79 Å². The number of benzene rings is 1. The Labute approximate surface area is 106 Å². The number of aryl methyl sites for hydroxylation is 1. The SMILES string of the molecule is CCOC(=O)/C=C/COc1cc(C)ccc1Cl. The average Bonchev–Trinajstić information content (AvgIpc) is 2.29. The van der Waals surface area contributed by atoms with Crippen LogP contribution in [-0.4, -0.2) is 19.2 Å². The van der Waals surface area contributed by atoms with E-state index in [1.165, 1.54) is 6.08 Å². The molecule has 0 saturated heterocycles. The molecule has 0 radical (unpaired) electrons. The van der Waals surface area contributed by atoms with E-state index in [4.69, 9.17) is 21.1 Å². The zero-order valence-corrected chi connectivity index (χ0v) is 10.7. The van der Waals surface area contributed by atoms with Crippen LogP contribution in [0.4, 0.5) is 0 Å². The van der Waals surface area contributed by atoms with Crippen LogP contribution in [0.1, 0.15) is 12.5 Å². The van der Waals surface area contributed by atoms with Gasteiger partial charge in [0.25, 0.3) is 0 Å². The zero-order valence-electron chi connectivity index (χ0n) is 9.90. The second kappa shape index (κ2) is 6.97. The van der Waals surface area contributed by atoms with Crippen molar-refractivity contribution in [1.29, 1.82) is 0 Å². The summed E-state index contributed by atoms with van der Waals surface area (Å²) in [6.07, 6.45) is 2.93. The van der Waals surface area contributed by atoms with Crippen LogP contribution in [0.2, 0.25) is 5.02 Å². The van der Waals surface area contributed by atoms with Gasteiger partial charge in [-0.2, -0.15) is 0 Å². The first-order valence-electron chi connectivity index (χ1n) is 5.35. The summed E-state index contributed by atoms with van der Waals surface area (Å²) >= 11 is 5.95. The van der Waals surface area contributed by atoms with Gasteiger partial charge in [-0.1, -0.05) is 17.7 Å². The second-order valence-electron chi connectivity index (χ2n) is 3.40. The lowest BCUT2D eigenvalue weighted by Crippen LogP contribution is -2.01. The molecule has 3 nitrogen and oxygen atoms in total. The third kappa shape index (κ3) is 4.91. The first-order valence-corrected chi connectivity index (χ1v) is 5.73. The van der Waals surface area contributed by atoms with E-state index in [-0.39, 0.29) is 12.6 Å². The molecular weight excluding hydrogens is 240 g/mol. The maximum Gasteiger partial charge on any atom is 0.330 e. The predicted molar refractivity (Wildman–Crippen MR) is 67.5 cm³/mol. The summed E-state index contributed by atoms with van der Waals surface area (Å²) in [6.45, 7) is 4.36. The molecule has 0 aromatic heterocycles. The molecule has 17 heavy (non-hydrogen) atoms. The van der Waals surface area contributed by atoms with Crippen LogP contribution in [0, 0.1) is 6.92 Å². The molecule has 0 N–H and O–H groups in total. The van der Waals surface area contributed by atoms with Gasteiger partial charge >= 0.3 is 5.97 Å². The molecule has 1 aromatic rings. The normalized spacial score (nSPS) is 10.5. The minimum atomic E-state index is -0.369. The number of carbonyl (C=O) groups excluding carboxylic acids is 1. The summed E-state index contributed by atoms with van der Waals surface area (Å²) in [7, 11) is 0. The van der Waals surface area contributed by atoms with Gasteiger partial charge in [0.05, 0.1) is 11.6 Å². The molecule has 0 saturated carbocycles. The second-order valence-corrected chi connectivity index (χ2v) is 3.81. The summed E-state index contributed by atoms with van der Waals surface area (Å²) in [5, 5.41) is 0.556. The summed E-state index contributed by atoms with van der Waals surface area (Å²) in [4.78, 5) is 11.0. The zero-order chi connectivity index (χ0) is 12.7. The molecular formula is C13H15ClO3. The van der Waals surface area contributed by atoms with E-state index in [0.29, 0.717) is 17.4 Å². The predicted octanol–water partition coefficient (Wildman–Crippen LogP) is 3.15. The van der Waals surface area contributed by atoms with Crippen molar-refractivity contribution in [3.63, 3.8) is 0 Å². The lowest BCUT2D eigenvalue weighted by atomic mass is 10.2. The van der Waals surface area contributed by atoms with E-state index in [1.54, 1.807) is 19.1 Å². The van der Waals surface area contributed by atoms with E-state index in [2.05, 4.69) is 0 Å². The number of rotatable bonds is 5. The van der Waals surface area contributed by atoms with Gasteiger partial charge in [0, 0.05) is 6.08 Å². The van der Waals surface area contributed by atoms with E-state index >= 15 is 0 Å². The maximum atomic E-state index is 11.0. The number of hydrogen-bond acceptors (Lipinski definition) is 3. The van der Waals surface area contributed by atoms with Gasteiger partial charge in [0.1, 0.15) is 12.4 Å². The van der Waals surface area contributed by atoms with Crippen molar-refractivity contribution in [3.8, 4) is 5.75 Å². The molecule has 1 aromatic carbocycles. The van der Waals surface area contributed by atoms with Crippen LogP contribution in [0.15, 0.2) is 30.4 Å². The third-order valence-corrected chi connectivity index (χ3v) is 2.27. The van der Waals surface area contributed by atoms with E-state index in [9.17, 15) is 4.79 Å². The van der Waals surface area contributed by atoms with Gasteiger partial charge in [0.2, 0.25) is 0 Å². The van der Waals surface area contributed by atoms with Crippen molar-refractivity contribution >= 4 is 17.6 Å². The molecule has 0 spiro atoms. The lowest BCUT2D eigenvalue weighted by molar-refractivity contribution is -0.137. The fourth-order valence-electron chi connectivity index (χ4n) is 1.19. The van der Waals surface area contributed by atoms with Crippen molar-refractivity contribution in [3.05, 3.63) is 40.9 Å². The molecule has 0 heterocycles. The summed E-state index contributed by atoms with van der Waals surface area (Å²) in [5.41, 5.74) is 1.07. The topological polar surface area (TPSA) is 35.5 Å². The van der Waals surface area contributed by atoms with Crippen molar-refractivity contribution < 1.29 is 14.3 Å². The number of esters is 1. The van der Waals surface area contributed by atoms with Gasteiger partial charge in [-0.05, 0) is 37.6 Å². The Morgan fingerprint density at radius 1 is 1.47 bits per heavy atom. The quantitative estimate of drug-likeness (QED) is 0.598. The van der Waals surface area contributed by atoms with E-state index in [0.717, 1.165) is 5.56 Å². The van der Waals surface area contributed by atoms with Crippen LogP contribution in [0.3, 0.4) is 0 Å². The van der Waals surface area contributed by atoms with E-state index < -0.39 is 0 Å². The third-order valence-electron chi connectivity index (χ3n) is 1.96. The molecule has 0 unspecified atom stereocenters. The largest absolute Gasteiger partial charge is 0.488 e. The van der Waals surface area contributed by atoms with Crippen LogP contribution in [-0.2, 0) is 9.53 Å². The summed E-state index contributed by atoms with van der Waals surface area (Å²) in [5.74, 6) is 0.242. The van der Waals surface area contributed by atoms with Crippen LogP contribution in [0.25, 0.3) is 0 Å². The number of ether oxygens (including phenoxy) is 2. The highest BCUT2D eigenvalue weighted by Crippen LogP contribution is 2.25. The molecule has 0 aliphatic rings. The van der Waals surface area contributed by atoms with Gasteiger partial charge in [0.15, 0.2) is 0 Å². The Balaban J connectivity index is 2.45. The van der Waals surface area contributed by atoms with Crippen molar-refractivity contribution in [1.82, 2.24) is 0 Å². The Kier molecular flexibility index (Phi) is 5.57. The van der Waals surface area contributed by atoms with Gasteiger partial charge in [-0.3, -0.25) is 0 Å². The Morgan fingerprint density at radius 3 is 2.94 bits per heavy atom. The van der Waals surface area contributed by atoms with Crippen molar-refractivity contribution in [2.24, 2.45) is 0 Å².